The van der Waals surface area contributed by atoms with Gasteiger partial charge in [0.15, 0.2) is 5.82 Å². The SMILES string of the molecule is COCCCNc1nncc(Nc2ccc(Br)cc2C)n1. The number of halogens is 1. The number of aromatic nitrogens is 3. The third kappa shape index (κ3) is 4.95. The smallest absolute Gasteiger partial charge is 0.244 e. The highest BCUT2D eigenvalue weighted by Gasteiger charge is 2.03. The molecule has 0 radical (unpaired) electrons. The summed E-state index contributed by atoms with van der Waals surface area (Å²) in [6.07, 6.45) is 2.49. The monoisotopic (exact) mass is 351 g/mol. The Morgan fingerprint density at radius 3 is 2.95 bits per heavy atom. The maximum absolute atomic E-state index is 4.99. The number of aryl methyl sites for hydroxylation is 1. The van der Waals surface area contributed by atoms with Crippen LogP contribution in [-0.2, 0) is 4.74 Å². The molecule has 0 fully saturated rings. The molecule has 0 amide bonds. The minimum absolute atomic E-state index is 0.505. The third-order valence-electron chi connectivity index (χ3n) is 2.82. The first kappa shape index (κ1) is 15.7. The lowest BCUT2D eigenvalue weighted by Gasteiger charge is -2.10. The van der Waals surface area contributed by atoms with Crippen molar-refractivity contribution in [1.29, 1.82) is 0 Å². The molecule has 0 spiro atoms. The van der Waals surface area contributed by atoms with Gasteiger partial charge in [0.1, 0.15) is 0 Å². The summed E-state index contributed by atoms with van der Waals surface area (Å²) < 4.78 is 6.04. The largest absolute Gasteiger partial charge is 0.385 e. The summed E-state index contributed by atoms with van der Waals surface area (Å²) in [5.74, 6) is 1.16. The van der Waals surface area contributed by atoms with Gasteiger partial charge in [-0.3, -0.25) is 0 Å². The second-order valence-corrected chi connectivity index (χ2v) is 5.44. The number of methoxy groups -OCH3 is 1. The zero-order chi connectivity index (χ0) is 15.1. The van der Waals surface area contributed by atoms with Gasteiger partial charge in [-0.25, -0.2) is 0 Å². The quantitative estimate of drug-likeness (QED) is 0.746. The molecular weight excluding hydrogens is 334 g/mol. The Balaban J connectivity index is 2.00. The molecule has 1 aromatic carbocycles. The van der Waals surface area contributed by atoms with Crippen molar-refractivity contribution >= 4 is 33.4 Å². The Bertz CT molecular complexity index is 593. The molecule has 1 heterocycles. The molecule has 21 heavy (non-hydrogen) atoms. The van der Waals surface area contributed by atoms with Crippen LogP contribution in [0.25, 0.3) is 0 Å². The van der Waals surface area contributed by atoms with Crippen molar-refractivity contribution in [2.45, 2.75) is 13.3 Å². The highest BCUT2D eigenvalue weighted by molar-refractivity contribution is 9.10. The van der Waals surface area contributed by atoms with Crippen LogP contribution >= 0.6 is 15.9 Å². The molecule has 6 nitrogen and oxygen atoms in total. The van der Waals surface area contributed by atoms with Gasteiger partial charge in [-0.1, -0.05) is 15.9 Å². The van der Waals surface area contributed by atoms with E-state index in [9.17, 15) is 0 Å². The van der Waals surface area contributed by atoms with Gasteiger partial charge in [0.2, 0.25) is 5.95 Å². The van der Waals surface area contributed by atoms with E-state index in [-0.39, 0.29) is 0 Å². The van der Waals surface area contributed by atoms with E-state index >= 15 is 0 Å². The summed E-state index contributed by atoms with van der Waals surface area (Å²) in [7, 11) is 1.68. The number of anilines is 3. The summed E-state index contributed by atoms with van der Waals surface area (Å²) in [6.45, 7) is 3.48. The summed E-state index contributed by atoms with van der Waals surface area (Å²) in [4.78, 5) is 4.38. The predicted octanol–water partition coefficient (Wildman–Crippen LogP) is 3.13. The van der Waals surface area contributed by atoms with Gasteiger partial charge in [0.05, 0.1) is 6.20 Å². The van der Waals surface area contributed by atoms with Crippen LogP contribution in [0.15, 0.2) is 28.9 Å². The Labute approximate surface area is 132 Å². The van der Waals surface area contributed by atoms with Crippen molar-refractivity contribution in [3.63, 3.8) is 0 Å². The number of benzene rings is 1. The van der Waals surface area contributed by atoms with E-state index in [4.69, 9.17) is 4.74 Å². The van der Waals surface area contributed by atoms with Gasteiger partial charge in [-0.2, -0.15) is 10.1 Å². The van der Waals surface area contributed by atoms with E-state index in [1.807, 2.05) is 25.1 Å². The standard InChI is InChI=1S/C14H18BrN5O/c1-10-8-11(15)4-5-12(10)18-13-9-17-20-14(19-13)16-6-3-7-21-2/h4-5,8-9H,3,6-7H2,1-2H3,(H2,16,18,19,20). The fourth-order valence-corrected chi connectivity index (χ4v) is 2.24. The van der Waals surface area contributed by atoms with Crippen molar-refractivity contribution in [3.05, 3.63) is 34.4 Å². The van der Waals surface area contributed by atoms with E-state index in [0.29, 0.717) is 18.4 Å². The van der Waals surface area contributed by atoms with Crippen LogP contribution in [-0.4, -0.2) is 35.4 Å². The highest BCUT2D eigenvalue weighted by atomic mass is 79.9. The van der Waals surface area contributed by atoms with Gasteiger partial charge in [-0.05, 0) is 37.1 Å². The topological polar surface area (TPSA) is 72.0 Å². The molecule has 112 valence electrons. The van der Waals surface area contributed by atoms with Crippen LogP contribution in [0.1, 0.15) is 12.0 Å². The molecule has 7 heteroatoms. The molecule has 1 aromatic heterocycles. The lowest BCUT2D eigenvalue weighted by molar-refractivity contribution is 0.197. The second-order valence-electron chi connectivity index (χ2n) is 4.52. The summed E-state index contributed by atoms with van der Waals surface area (Å²) in [6, 6.07) is 6.02. The molecule has 2 N–H and O–H groups in total. The Morgan fingerprint density at radius 2 is 2.19 bits per heavy atom. The summed E-state index contributed by atoms with van der Waals surface area (Å²) in [5.41, 5.74) is 2.11. The minimum Gasteiger partial charge on any atom is -0.385 e. The maximum Gasteiger partial charge on any atom is 0.244 e. The van der Waals surface area contributed by atoms with Crippen molar-refractivity contribution < 1.29 is 4.74 Å². The Hall–Kier alpha value is -1.73. The minimum atomic E-state index is 0.505. The van der Waals surface area contributed by atoms with E-state index < -0.39 is 0 Å². The predicted molar refractivity (Wildman–Crippen MR) is 87.0 cm³/mol. The van der Waals surface area contributed by atoms with E-state index in [0.717, 1.165) is 28.7 Å². The van der Waals surface area contributed by atoms with Crippen molar-refractivity contribution in [2.24, 2.45) is 0 Å². The van der Waals surface area contributed by atoms with Crippen molar-refractivity contribution in [3.8, 4) is 0 Å². The van der Waals surface area contributed by atoms with Gasteiger partial charge in [-0.15, -0.1) is 5.10 Å². The van der Waals surface area contributed by atoms with Crippen LogP contribution in [0, 0.1) is 6.92 Å². The molecule has 2 rings (SSSR count). The van der Waals surface area contributed by atoms with Crippen molar-refractivity contribution in [1.82, 2.24) is 15.2 Å². The molecular formula is C14H18BrN5O. The van der Waals surface area contributed by atoms with Crippen LogP contribution in [0.5, 0.6) is 0 Å². The average molecular weight is 352 g/mol. The van der Waals surface area contributed by atoms with Gasteiger partial charge in [0.25, 0.3) is 0 Å². The fraction of sp³-hybridized carbons (Fsp3) is 0.357. The number of hydrogen-bond acceptors (Lipinski definition) is 6. The molecule has 0 saturated heterocycles. The van der Waals surface area contributed by atoms with Crippen LogP contribution in [0.2, 0.25) is 0 Å². The van der Waals surface area contributed by atoms with E-state index in [1.54, 1.807) is 13.3 Å². The van der Waals surface area contributed by atoms with Gasteiger partial charge in [0, 0.05) is 30.4 Å². The lowest BCUT2D eigenvalue weighted by Crippen LogP contribution is -2.09. The molecule has 0 bridgehead atoms. The molecule has 2 aromatic rings. The number of ether oxygens (including phenoxy) is 1. The average Bonchev–Trinajstić information content (AvgIpc) is 2.47. The zero-order valence-corrected chi connectivity index (χ0v) is 13.6. The van der Waals surface area contributed by atoms with Gasteiger partial charge >= 0.3 is 0 Å². The number of rotatable bonds is 7. The van der Waals surface area contributed by atoms with Gasteiger partial charge < -0.3 is 15.4 Å². The summed E-state index contributed by atoms with van der Waals surface area (Å²) in [5, 5.41) is 14.3. The number of nitrogens with one attached hydrogen (secondary N) is 2. The first-order valence-electron chi connectivity index (χ1n) is 6.65. The first-order valence-corrected chi connectivity index (χ1v) is 7.44. The fourth-order valence-electron chi connectivity index (χ4n) is 1.76. The van der Waals surface area contributed by atoms with E-state index in [1.165, 1.54) is 0 Å². The molecule has 0 aliphatic rings. The highest BCUT2D eigenvalue weighted by Crippen LogP contribution is 2.22. The lowest BCUT2D eigenvalue weighted by atomic mass is 10.2. The van der Waals surface area contributed by atoms with Crippen LogP contribution in [0.4, 0.5) is 17.5 Å². The molecule has 0 saturated carbocycles. The van der Waals surface area contributed by atoms with Crippen molar-refractivity contribution in [2.75, 3.05) is 30.9 Å². The Kier molecular flexibility index (Phi) is 5.89. The van der Waals surface area contributed by atoms with Crippen LogP contribution in [0.3, 0.4) is 0 Å². The summed E-state index contributed by atoms with van der Waals surface area (Å²) >= 11 is 3.45. The third-order valence-corrected chi connectivity index (χ3v) is 3.31. The molecule has 0 unspecified atom stereocenters. The zero-order valence-electron chi connectivity index (χ0n) is 12.1. The molecule has 0 aliphatic heterocycles. The normalized spacial score (nSPS) is 10.4. The van der Waals surface area contributed by atoms with Crippen LogP contribution < -0.4 is 10.6 Å². The number of hydrogen-bond donors (Lipinski definition) is 2. The molecule has 0 aliphatic carbocycles. The van der Waals surface area contributed by atoms with E-state index in [2.05, 4.69) is 41.7 Å². The second kappa shape index (κ2) is 7.90. The molecule has 0 atom stereocenters. The number of nitrogens with zero attached hydrogens (tertiary/aromatic N) is 3. The first-order chi connectivity index (χ1) is 10.2. The maximum atomic E-state index is 4.99. The Morgan fingerprint density at radius 1 is 1.33 bits per heavy atom.